The summed E-state index contributed by atoms with van der Waals surface area (Å²) >= 11 is 0. The fourth-order valence-corrected chi connectivity index (χ4v) is 2.43. The predicted octanol–water partition coefficient (Wildman–Crippen LogP) is 2.74. The molecule has 0 bridgehead atoms. The van der Waals surface area contributed by atoms with E-state index in [0.717, 1.165) is 11.1 Å². The summed E-state index contributed by atoms with van der Waals surface area (Å²) in [6, 6.07) is 25.4. The zero-order chi connectivity index (χ0) is 22.4. The van der Waals surface area contributed by atoms with Crippen LogP contribution in [0.4, 0.5) is 0 Å². The predicted molar refractivity (Wildman–Crippen MR) is 122 cm³/mol. The summed E-state index contributed by atoms with van der Waals surface area (Å²) in [6.45, 7) is -0.373. The summed E-state index contributed by atoms with van der Waals surface area (Å²) in [6.07, 6.45) is 3.10. The summed E-state index contributed by atoms with van der Waals surface area (Å²) in [5.74, 6) is 0.198. The Morgan fingerprint density at radius 2 is 1.00 bits per heavy atom. The monoisotopic (exact) mass is 430 g/mol. The first-order chi connectivity index (χ1) is 15.7. The van der Waals surface area contributed by atoms with Gasteiger partial charge in [-0.15, -0.1) is 0 Å². The second-order valence-corrected chi connectivity index (χ2v) is 6.46. The maximum atomic E-state index is 11.8. The summed E-state index contributed by atoms with van der Waals surface area (Å²) in [5, 5.41) is 7.75. The smallest absolute Gasteiger partial charge is 0.277 e. The number of carbonyl (C=O) groups is 2. The number of amides is 2. The topological polar surface area (TPSA) is 101 Å². The molecule has 0 radical (unpaired) electrons. The van der Waals surface area contributed by atoms with Crippen molar-refractivity contribution in [2.45, 2.75) is 0 Å². The molecule has 2 amide bonds. The SMILES string of the molecule is O=C(COc1ccc(OCC(=O)NN=Cc2ccccc2)cc1)NN=Cc1ccccc1. The minimum Gasteiger partial charge on any atom is -0.484 e. The molecule has 162 valence electrons. The van der Waals surface area contributed by atoms with Crippen LogP contribution >= 0.6 is 0 Å². The van der Waals surface area contributed by atoms with Gasteiger partial charge in [-0.25, -0.2) is 10.9 Å². The van der Waals surface area contributed by atoms with Crippen LogP contribution in [0.25, 0.3) is 0 Å². The highest BCUT2D eigenvalue weighted by atomic mass is 16.5. The molecule has 3 aromatic carbocycles. The number of nitrogens with one attached hydrogen (secondary N) is 2. The fraction of sp³-hybridized carbons (Fsp3) is 0.0833. The van der Waals surface area contributed by atoms with E-state index in [1.165, 1.54) is 0 Å². The van der Waals surface area contributed by atoms with Gasteiger partial charge in [-0.1, -0.05) is 60.7 Å². The number of hydrazone groups is 2. The third-order valence-electron chi connectivity index (χ3n) is 3.97. The largest absolute Gasteiger partial charge is 0.484 e. The van der Waals surface area contributed by atoms with Crippen LogP contribution in [0.2, 0.25) is 0 Å². The zero-order valence-corrected chi connectivity index (χ0v) is 17.2. The van der Waals surface area contributed by atoms with Crippen LogP contribution in [0.1, 0.15) is 11.1 Å². The Hall–Kier alpha value is -4.46. The summed E-state index contributed by atoms with van der Waals surface area (Å²) in [7, 11) is 0. The minimum atomic E-state index is -0.384. The molecule has 0 aliphatic heterocycles. The molecule has 0 saturated heterocycles. The van der Waals surface area contributed by atoms with Gasteiger partial charge < -0.3 is 9.47 Å². The van der Waals surface area contributed by atoms with Crippen molar-refractivity contribution in [2.24, 2.45) is 10.2 Å². The molecule has 3 aromatic rings. The normalized spacial score (nSPS) is 10.8. The van der Waals surface area contributed by atoms with E-state index in [1.807, 2.05) is 60.7 Å². The molecular weight excluding hydrogens is 408 g/mol. The first-order valence-electron chi connectivity index (χ1n) is 9.78. The van der Waals surface area contributed by atoms with Crippen LogP contribution in [0, 0.1) is 0 Å². The molecule has 0 heterocycles. The maximum Gasteiger partial charge on any atom is 0.277 e. The highest BCUT2D eigenvalue weighted by molar-refractivity contribution is 5.83. The maximum absolute atomic E-state index is 11.8. The number of nitrogens with zero attached hydrogens (tertiary/aromatic N) is 2. The summed E-state index contributed by atoms with van der Waals surface area (Å²) in [4.78, 5) is 23.6. The molecule has 8 nitrogen and oxygen atoms in total. The highest BCUT2D eigenvalue weighted by Gasteiger charge is 2.04. The van der Waals surface area contributed by atoms with E-state index in [4.69, 9.17) is 9.47 Å². The van der Waals surface area contributed by atoms with Crippen molar-refractivity contribution in [2.75, 3.05) is 13.2 Å². The number of rotatable bonds is 10. The molecular formula is C24H22N4O4. The van der Waals surface area contributed by atoms with E-state index < -0.39 is 0 Å². The van der Waals surface area contributed by atoms with Crippen molar-refractivity contribution in [1.29, 1.82) is 0 Å². The van der Waals surface area contributed by atoms with Crippen molar-refractivity contribution >= 4 is 24.2 Å². The van der Waals surface area contributed by atoms with E-state index >= 15 is 0 Å². The second-order valence-electron chi connectivity index (χ2n) is 6.46. The molecule has 0 unspecified atom stereocenters. The van der Waals surface area contributed by atoms with Gasteiger partial charge in [0.05, 0.1) is 12.4 Å². The Labute approximate surface area is 185 Å². The summed E-state index contributed by atoms with van der Waals surface area (Å²) < 4.78 is 10.8. The fourth-order valence-electron chi connectivity index (χ4n) is 2.43. The Kier molecular flexibility index (Phi) is 8.53. The van der Waals surface area contributed by atoms with E-state index in [9.17, 15) is 9.59 Å². The van der Waals surface area contributed by atoms with Crippen molar-refractivity contribution in [1.82, 2.24) is 10.9 Å². The lowest BCUT2D eigenvalue weighted by atomic mass is 10.2. The number of hydrogen-bond donors (Lipinski definition) is 2. The Morgan fingerprint density at radius 3 is 1.38 bits per heavy atom. The average molecular weight is 430 g/mol. The number of carbonyl (C=O) groups excluding carboxylic acids is 2. The second kappa shape index (κ2) is 12.3. The average Bonchev–Trinajstić information content (AvgIpc) is 2.83. The van der Waals surface area contributed by atoms with Crippen LogP contribution in [0.15, 0.2) is 95.1 Å². The Balaban J connectivity index is 1.34. The molecule has 0 atom stereocenters. The van der Waals surface area contributed by atoms with Crippen molar-refractivity contribution in [3.8, 4) is 11.5 Å². The van der Waals surface area contributed by atoms with E-state index in [2.05, 4.69) is 21.1 Å². The van der Waals surface area contributed by atoms with Gasteiger partial charge in [0.1, 0.15) is 11.5 Å². The third kappa shape index (κ3) is 8.11. The lowest BCUT2D eigenvalue weighted by Gasteiger charge is -2.07. The van der Waals surface area contributed by atoms with Gasteiger partial charge in [0.2, 0.25) is 0 Å². The molecule has 2 N–H and O–H groups in total. The number of hydrogen-bond acceptors (Lipinski definition) is 6. The first-order valence-corrected chi connectivity index (χ1v) is 9.78. The van der Waals surface area contributed by atoms with Crippen LogP contribution in [0.5, 0.6) is 11.5 Å². The van der Waals surface area contributed by atoms with E-state index in [1.54, 1.807) is 36.7 Å². The Morgan fingerprint density at radius 1 is 0.625 bits per heavy atom. The van der Waals surface area contributed by atoms with Crippen molar-refractivity contribution < 1.29 is 19.1 Å². The minimum absolute atomic E-state index is 0.186. The van der Waals surface area contributed by atoms with Crippen LogP contribution in [-0.4, -0.2) is 37.5 Å². The molecule has 0 fully saturated rings. The van der Waals surface area contributed by atoms with Crippen LogP contribution in [-0.2, 0) is 9.59 Å². The van der Waals surface area contributed by atoms with Crippen LogP contribution in [0.3, 0.4) is 0 Å². The van der Waals surface area contributed by atoms with E-state index in [0.29, 0.717) is 11.5 Å². The number of benzene rings is 3. The molecule has 0 aliphatic carbocycles. The van der Waals surface area contributed by atoms with E-state index in [-0.39, 0.29) is 25.0 Å². The first kappa shape index (κ1) is 22.2. The van der Waals surface area contributed by atoms with Gasteiger partial charge in [0, 0.05) is 0 Å². The molecule has 32 heavy (non-hydrogen) atoms. The van der Waals surface area contributed by atoms with Gasteiger partial charge in [-0.3, -0.25) is 9.59 Å². The highest BCUT2D eigenvalue weighted by Crippen LogP contribution is 2.17. The van der Waals surface area contributed by atoms with Crippen molar-refractivity contribution in [3.63, 3.8) is 0 Å². The van der Waals surface area contributed by atoms with Gasteiger partial charge in [-0.05, 0) is 35.4 Å². The van der Waals surface area contributed by atoms with Gasteiger partial charge >= 0.3 is 0 Å². The Bertz CT molecular complexity index is 966. The molecule has 0 aromatic heterocycles. The molecule has 3 rings (SSSR count). The zero-order valence-electron chi connectivity index (χ0n) is 17.2. The molecule has 0 spiro atoms. The van der Waals surface area contributed by atoms with Crippen molar-refractivity contribution in [3.05, 3.63) is 96.1 Å². The third-order valence-corrected chi connectivity index (χ3v) is 3.97. The summed E-state index contributed by atoms with van der Waals surface area (Å²) in [5.41, 5.74) is 6.55. The van der Waals surface area contributed by atoms with Gasteiger partial charge in [0.15, 0.2) is 13.2 Å². The molecule has 0 aliphatic rings. The van der Waals surface area contributed by atoms with Crippen LogP contribution < -0.4 is 20.3 Å². The lowest BCUT2D eigenvalue weighted by molar-refractivity contribution is -0.123. The molecule has 0 saturated carbocycles. The van der Waals surface area contributed by atoms with Gasteiger partial charge in [0.25, 0.3) is 11.8 Å². The van der Waals surface area contributed by atoms with Gasteiger partial charge in [-0.2, -0.15) is 10.2 Å². The number of ether oxygens (including phenoxy) is 2. The quantitative estimate of drug-likeness (QED) is 0.381. The molecule has 8 heteroatoms. The lowest BCUT2D eigenvalue weighted by Crippen LogP contribution is -2.25. The standard InChI is InChI=1S/C24H22N4O4/c29-23(27-25-15-19-7-3-1-4-8-19)17-31-21-11-13-22(14-12-21)32-18-24(30)28-26-16-20-9-5-2-6-10-20/h1-16H,17-18H2,(H,27,29)(H,28,30).